The number of benzene rings is 2. The molecular formula is C17H22N2O. The van der Waals surface area contributed by atoms with E-state index in [0.717, 1.165) is 17.7 Å². The molecule has 0 aliphatic heterocycles. The van der Waals surface area contributed by atoms with Gasteiger partial charge in [-0.25, -0.2) is 0 Å². The fourth-order valence-electron chi connectivity index (χ4n) is 2.15. The summed E-state index contributed by atoms with van der Waals surface area (Å²) in [5.74, 6) is 0.858. The van der Waals surface area contributed by atoms with Crippen LogP contribution in [0.4, 0.5) is 5.69 Å². The normalized spacial score (nSPS) is 12.0. The zero-order valence-electron chi connectivity index (χ0n) is 12.3. The fourth-order valence-corrected chi connectivity index (χ4v) is 2.15. The molecule has 0 saturated carbocycles. The molecular weight excluding hydrogens is 248 g/mol. The van der Waals surface area contributed by atoms with Crippen LogP contribution in [-0.4, -0.2) is 21.2 Å². The van der Waals surface area contributed by atoms with E-state index in [0.29, 0.717) is 0 Å². The summed E-state index contributed by atoms with van der Waals surface area (Å²) >= 11 is 0. The van der Waals surface area contributed by atoms with Crippen LogP contribution in [0.15, 0.2) is 48.5 Å². The van der Waals surface area contributed by atoms with Crippen LogP contribution in [0.5, 0.6) is 5.75 Å². The van der Waals surface area contributed by atoms with Crippen molar-refractivity contribution in [2.45, 2.75) is 12.5 Å². The number of nitrogens with two attached hydrogens (primary N) is 1. The Kier molecular flexibility index (Phi) is 4.64. The summed E-state index contributed by atoms with van der Waals surface area (Å²) in [6, 6.07) is 16.5. The third-order valence-electron chi connectivity index (χ3n) is 3.45. The molecule has 1 atom stereocenters. The van der Waals surface area contributed by atoms with Gasteiger partial charge in [0.1, 0.15) is 5.75 Å². The minimum absolute atomic E-state index is 0.00566. The molecule has 0 fully saturated rings. The number of anilines is 1. The SMILES string of the molecule is COc1ccc(C(N)Cc2ccc(N(C)C)cc2)cc1. The predicted octanol–water partition coefficient (Wildman–Crippen LogP) is 3.00. The summed E-state index contributed by atoms with van der Waals surface area (Å²) in [6.07, 6.45) is 0.833. The van der Waals surface area contributed by atoms with Crippen molar-refractivity contribution in [1.29, 1.82) is 0 Å². The maximum atomic E-state index is 6.27. The Morgan fingerprint density at radius 3 is 2.10 bits per heavy atom. The monoisotopic (exact) mass is 270 g/mol. The number of ether oxygens (including phenoxy) is 1. The van der Waals surface area contributed by atoms with E-state index in [1.165, 1.54) is 11.3 Å². The lowest BCUT2D eigenvalue weighted by atomic mass is 9.99. The van der Waals surface area contributed by atoms with Gasteiger partial charge in [0, 0.05) is 25.8 Å². The van der Waals surface area contributed by atoms with Crippen LogP contribution >= 0.6 is 0 Å². The maximum Gasteiger partial charge on any atom is 0.118 e. The molecule has 0 heterocycles. The maximum absolute atomic E-state index is 6.27. The molecule has 0 aromatic heterocycles. The van der Waals surface area contributed by atoms with E-state index < -0.39 is 0 Å². The molecule has 2 N–H and O–H groups in total. The molecule has 2 aromatic rings. The zero-order chi connectivity index (χ0) is 14.5. The van der Waals surface area contributed by atoms with Crippen molar-refractivity contribution < 1.29 is 4.74 Å². The molecule has 0 radical (unpaired) electrons. The van der Waals surface area contributed by atoms with Crippen LogP contribution < -0.4 is 15.4 Å². The highest BCUT2D eigenvalue weighted by molar-refractivity contribution is 5.46. The fraction of sp³-hybridized carbons (Fsp3) is 0.294. The lowest BCUT2D eigenvalue weighted by Crippen LogP contribution is -2.13. The summed E-state index contributed by atoms with van der Waals surface area (Å²) in [4.78, 5) is 2.09. The van der Waals surface area contributed by atoms with Gasteiger partial charge in [-0.05, 0) is 41.8 Å². The number of methoxy groups -OCH3 is 1. The topological polar surface area (TPSA) is 38.5 Å². The number of rotatable bonds is 5. The third kappa shape index (κ3) is 3.52. The van der Waals surface area contributed by atoms with Gasteiger partial charge in [0.15, 0.2) is 0 Å². The van der Waals surface area contributed by atoms with Crippen LogP contribution in [0.2, 0.25) is 0 Å². The molecule has 3 heteroatoms. The molecule has 0 bridgehead atoms. The Labute approximate surface area is 121 Å². The van der Waals surface area contributed by atoms with Crippen molar-refractivity contribution in [3.05, 3.63) is 59.7 Å². The van der Waals surface area contributed by atoms with Gasteiger partial charge in [-0.2, -0.15) is 0 Å². The van der Waals surface area contributed by atoms with Crippen molar-refractivity contribution in [3.63, 3.8) is 0 Å². The standard InChI is InChI=1S/C17H22N2O/c1-19(2)15-8-4-13(5-9-15)12-17(18)14-6-10-16(20-3)11-7-14/h4-11,17H,12,18H2,1-3H3. The average Bonchev–Trinajstić information content (AvgIpc) is 2.48. The largest absolute Gasteiger partial charge is 0.497 e. The highest BCUT2D eigenvalue weighted by atomic mass is 16.5. The minimum Gasteiger partial charge on any atom is -0.497 e. The summed E-state index contributed by atoms with van der Waals surface area (Å²) in [6.45, 7) is 0. The smallest absolute Gasteiger partial charge is 0.118 e. The van der Waals surface area contributed by atoms with E-state index in [1.807, 2.05) is 38.4 Å². The molecule has 0 aliphatic rings. The number of hydrogen-bond acceptors (Lipinski definition) is 3. The van der Waals surface area contributed by atoms with Crippen LogP contribution in [0.25, 0.3) is 0 Å². The molecule has 3 nitrogen and oxygen atoms in total. The molecule has 0 spiro atoms. The van der Waals surface area contributed by atoms with E-state index in [2.05, 4.69) is 29.2 Å². The molecule has 20 heavy (non-hydrogen) atoms. The van der Waals surface area contributed by atoms with Crippen LogP contribution in [0, 0.1) is 0 Å². The summed E-state index contributed by atoms with van der Waals surface area (Å²) in [7, 11) is 5.75. The molecule has 0 amide bonds. The van der Waals surface area contributed by atoms with Gasteiger partial charge in [-0.15, -0.1) is 0 Å². The highest BCUT2D eigenvalue weighted by Crippen LogP contribution is 2.20. The Hall–Kier alpha value is -2.00. The van der Waals surface area contributed by atoms with Crippen LogP contribution in [0.3, 0.4) is 0 Å². The van der Waals surface area contributed by atoms with E-state index in [-0.39, 0.29) is 6.04 Å². The van der Waals surface area contributed by atoms with Crippen molar-refractivity contribution in [1.82, 2.24) is 0 Å². The lowest BCUT2D eigenvalue weighted by molar-refractivity contribution is 0.414. The first-order chi connectivity index (χ1) is 9.60. The summed E-state index contributed by atoms with van der Waals surface area (Å²) in [5.41, 5.74) is 9.84. The molecule has 2 rings (SSSR count). The Morgan fingerprint density at radius 1 is 1.00 bits per heavy atom. The van der Waals surface area contributed by atoms with Gasteiger partial charge in [0.05, 0.1) is 7.11 Å². The quantitative estimate of drug-likeness (QED) is 0.907. The summed E-state index contributed by atoms with van der Waals surface area (Å²) in [5, 5.41) is 0. The Morgan fingerprint density at radius 2 is 1.60 bits per heavy atom. The van der Waals surface area contributed by atoms with Crippen molar-refractivity contribution in [3.8, 4) is 5.75 Å². The zero-order valence-corrected chi connectivity index (χ0v) is 12.3. The van der Waals surface area contributed by atoms with Gasteiger partial charge >= 0.3 is 0 Å². The van der Waals surface area contributed by atoms with E-state index in [1.54, 1.807) is 7.11 Å². The lowest BCUT2D eigenvalue weighted by Gasteiger charge is -2.15. The van der Waals surface area contributed by atoms with Crippen molar-refractivity contribution >= 4 is 5.69 Å². The van der Waals surface area contributed by atoms with E-state index in [9.17, 15) is 0 Å². The van der Waals surface area contributed by atoms with Crippen molar-refractivity contribution in [2.75, 3.05) is 26.1 Å². The van der Waals surface area contributed by atoms with Gasteiger partial charge in [-0.3, -0.25) is 0 Å². The first-order valence-corrected chi connectivity index (χ1v) is 6.76. The molecule has 106 valence electrons. The minimum atomic E-state index is 0.00566. The van der Waals surface area contributed by atoms with E-state index >= 15 is 0 Å². The molecule has 0 aliphatic carbocycles. The second-order valence-electron chi connectivity index (χ2n) is 5.14. The second-order valence-corrected chi connectivity index (χ2v) is 5.14. The molecule has 2 aromatic carbocycles. The first-order valence-electron chi connectivity index (χ1n) is 6.76. The van der Waals surface area contributed by atoms with E-state index in [4.69, 9.17) is 10.5 Å². The van der Waals surface area contributed by atoms with Gasteiger partial charge in [0.25, 0.3) is 0 Å². The highest BCUT2D eigenvalue weighted by Gasteiger charge is 2.07. The summed E-state index contributed by atoms with van der Waals surface area (Å²) < 4.78 is 5.16. The Balaban J connectivity index is 2.04. The van der Waals surface area contributed by atoms with Crippen LogP contribution in [-0.2, 0) is 6.42 Å². The number of nitrogens with zero attached hydrogens (tertiary/aromatic N) is 1. The number of hydrogen-bond donors (Lipinski definition) is 1. The van der Waals surface area contributed by atoms with Gasteiger partial charge in [-0.1, -0.05) is 24.3 Å². The molecule has 0 saturated heterocycles. The molecule has 1 unspecified atom stereocenters. The average molecular weight is 270 g/mol. The first kappa shape index (κ1) is 14.4. The van der Waals surface area contributed by atoms with Gasteiger partial charge in [0.2, 0.25) is 0 Å². The van der Waals surface area contributed by atoms with Gasteiger partial charge < -0.3 is 15.4 Å². The van der Waals surface area contributed by atoms with Crippen LogP contribution in [0.1, 0.15) is 17.2 Å². The van der Waals surface area contributed by atoms with Crippen molar-refractivity contribution in [2.24, 2.45) is 5.73 Å². The third-order valence-corrected chi connectivity index (χ3v) is 3.45. The second kappa shape index (κ2) is 6.44. The Bertz CT molecular complexity index is 532. The predicted molar refractivity (Wildman–Crippen MR) is 84.4 cm³/mol.